The maximum absolute atomic E-state index is 13.9. The van der Waals surface area contributed by atoms with Crippen molar-refractivity contribution in [3.63, 3.8) is 0 Å². The predicted molar refractivity (Wildman–Crippen MR) is 115 cm³/mol. The summed E-state index contributed by atoms with van der Waals surface area (Å²) in [6.45, 7) is 11.6. The second-order valence-electron chi connectivity index (χ2n) is 9.85. The van der Waals surface area contributed by atoms with Crippen molar-refractivity contribution in [2.24, 2.45) is 28.6 Å². The average Bonchev–Trinajstić information content (AvgIpc) is 3.07. The van der Waals surface area contributed by atoms with E-state index in [1.165, 1.54) is 0 Å². The molecule has 3 rings (SSSR count). The van der Waals surface area contributed by atoms with E-state index in [0.717, 1.165) is 37.9 Å². The molecule has 4 nitrogen and oxygen atoms in total. The van der Waals surface area contributed by atoms with Gasteiger partial charge in [0.15, 0.2) is 5.78 Å². The van der Waals surface area contributed by atoms with Gasteiger partial charge in [0.05, 0.1) is 17.0 Å². The van der Waals surface area contributed by atoms with Crippen molar-refractivity contribution in [3.05, 3.63) is 0 Å². The first kappa shape index (κ1) is 22.6. The van der Waals surface area contributed by atoms with Crippen molar-refractivity contribution < 1.29 is 19.0 Å². The molecule has 3 fully saturated rings. The van der Waals surface area contributed by atoms with Crippen LogP contribution < -0.4 is 0 Å². The van der Waals surface area contributed by atoms with Gasteiger partial charge in [-0.05, 0) is 62.0 Å². The lowest BCUT2D eigenvalue weighted by Crippen LogP contribution is -2.63. The van der Waals surface area contributed by atoms with Crippen LogP contribution in [0.25, 0.3) is 0 Å². The summed E-state index contributed by atoms with van der Waals surface area (Å²) in [5, 5.41) is 0. The molecule has 3 saturated carbocycles. The van der Waals surface area contributed by atoms with Gasteiger partial charge in [0.1, 0.15) is 6.79 Å². The SMILES string of the molecule is CCS[C@]1(C)CC(OCOC)[C@@]2(C)C3[C@H](OC)CCC3(CC[C@H]2C)[C@@H](C)C1=O. The van der Waals surface area contributed by atoms with Crippen molar-refractivity contribution in [1.82, 2.24) is 0 Å². The molecule has 162 valence electrons. The van der Waals surface area contributed by atoms with E-state index in [4.69, 9.17) is 14.2 Å². The summed E-state index contributed by atoms with van der Waals surface area (Å²) < 4.78 is 17.4. The monoisotopic (exact) mass is 412 g/mol. The summed E-state index contributed by atoms with van der Waals surface area (Å²) in [4.78, 5) is 13.9. The van der Waals surface area contributed by atoms with Crippen LogP contribution in [-0.2, 0) is 19.0 Å². The molecule has 3 aliphatic rings. The minimum atomic E-state index is -0.409. The van der Waals surface area contributed by atoms with Crippen LogP contribution in [0.4, 0.5) is 0 Å². The Bertz CT molecular complexity index is 583. The molecule has 0 heterocycles. The van der Waals surface area contributed by atoms with Gasteiger partial charge in [-0.3, -0.25) is 4.79 Å². The number of ketones is 1. The van der Waals surface area contributed by atoms with Crippen molar-refractivity contribution in [1.29, 1.82) is 0 Å². The first-order chi connectivity index (χ1) is 13.2. The van der Waals surface area contributed by atoms with Crippen molar-refractivity contribution in [2.75, 3.05) is 26.8 Å². The molecule has 3 aliphatic carbocycles. The zero-order chi connectivity index (χ0) is 20.7. The number of rotatable bonds is 6. The van der Waals surface area contributed by atoms with Gasteiger partial charge in [0.2, 0.25) is 0 Å². The van der Waals surface area contributed by atoms with Gasteiger partial charge < -0.3 is 14.2 Å². The van der Waals surface area contributed by atoms with Gasteiger partial charge >= 0.3 is 0 Å². The van der Waals surface area contributed by atoms with E-state index in [1.807, 2.05) is 7.11 Å². The lowest BCUT2D eigenvalue weighted by Gasteiger charge is -2.62. The standard InChI is InChI=1S/C23H40O4S/c1-8-28-21(4)13-18(27-14-25-6)22(5)15(2)9-11-23(16(3)20(21)24)12-10-17(26-7)19(22)23/h15-19H,8-14H2,1-7H3/t15-,16+,17-,18?,19?,21-,22+,23?/m1/s1. The number of thioether (sulfide) groups is 1. The first-order valence-corrected chi connectivity index (χ1v) is 12.0. The molecule has 0 aliphatic heterocycles. The van der Waals surface area contributed by atoms with E-state index < -0.39 is 4.75 Å². The molecule has 0 saturated heterocycles. The van der Waals surface area contributed by atoms with E-state index in [1.54, 1.807) is 18.9 Å². The molecule has 5 heteroatoms. The Morgan fingerprint density at radius 3 is 2.43 bits per heavy atom. The minimum Gasteiger partial charge on any atom is -0.381 e. The number of methoxy groups -OCH3 is 2. The Balaban J connectivity index is 2.17. The van der Waals surface area contributed by atoms with Crippen LogP contribution >= 0.6 is 11.8 Å². The highest BCUT2D eigenvalue weighted by atomic mass is 32.2. The number of hydrogen-bond acceptors (Lipinski definition) is 5. The van der Waals surface area contributed by atoms with Gasteiger partial charge in [-0.25, -0.2) is 0 Å². The fourth-order valence-electron chi connectivity index (χ4n) is 7.21. The van der Waals surface area contributed by atoms with Crippen LogP contribution in [0.3, 0.4) is 0 Å². The van der Waals surface area contributed by atoms with Crippen LogP contribution in [0.15, 0.2) is 0 Å². The molecule has 0 aromatic heterocycles. The highest BCUT2D eigenvalue weighted by Gasteiger charge is 2.68. The number of carbonyl (C=O) groups is 1. The summed E-state index contributed by atoms with van der Waals surface area (Å²) in [6.07, 6.45) is 5.38. The molecule has 0 spiro atoms. The zero-order valence-electron chi connectivity index (χ0n) is 18.9. The molecule has 28 heavy (non-hydrogen) atoms. The number of Topliss-reactive ketones (excluding diaryl/α,β-unsaturated/α-hetero) is 1. The molecule has 0 aromatic rings. The van der Waals surface area contributed by atoms with Gasteiger partial charge in [-0.1, -0.05) is 27.7 Å². The van der Waals surface area contributed by atoms with E-state index in [-0.39, 0.29) is 35.7 Å². The summed E-state index contributed by atoms with van der Waals surface area (Å²) in [5.41, 5.74) is 0.00214. The van der Waals surface area contributed by atoms with Crippen LogP contribution in [0, 0.1) is 28.6 Å². The Kier molecular flexibility index (Phi) is 6.62. The van der Waals surface area contributed by atoms with Gasteiger partial charge in [0.25, 0.3) is 0 Å². The van der Waals surface area contributed by atoms with Gasteiger partial charge in [0, 0.05) is 25.6 Å². The predicted octanol–water partition coefficient (Wildman–Crippen LogP) is 4.94. The van der Waals surface area contributed by atoms with Crippen LogP contribution in [-0.4, -0.2) is 49.5 Å². The van der Waals surface area contributed by atoms with E-state index in [2.05, 4.69) is 34.6 Å². The maximum atomic E-state index is 13.9. The lowest BCUT2D eigenvalue weighted by atomic mass is 9.45. The smallest absolute Gasteiger partial charge is 0.152 e. The molecule has 0 N–H and O–H groups in total. The van der Waals surface area contributed by atoms with Crippen molar-refractivity contribution in [2.45, 2.75) is 83.7 Å². The maximum Gasteiger partial charge on any atom is 0.152 e. The van der Waals surface area contributed by atoms with Gasteiger partial charge in [-0.15, -0.1) is 11.8 Å². The fourth-order valence-corrected chi connectivity index (χ4v) is 8.44. The highest BCUT2D eigenvalue weighted by molar-refractivity contribution is 8.01. The lowest BCUT2D eigenvalue weighted by molar-refractivity contribution is -0.211. The second-order valence-corrected chi connectivity index (χ2v) is 11.6. The first-order valence-electron chi connectivity index (χ1n) is 11.0. The molecule has 0 amide bonds. The quantitative estimate of drug-likeness (QED) is 0.578. The Morgan fingerprint density at radius 1 is 1.14 bits per heavy atom. The summed E-state index contributed by atoms with van der Waals surface area (Å²) in [7, 11) is 3.53. The highest BCUT2D eigenvalue weighted by Crippen LogP contribution is 2.68. The third kappa shape index (κ3) is 3.19. The fraction of sp³-hybridized carbons (Fsp3) is 0.957. The zero-order valence-corrected chi connectivity index (χ0v) is 19.7. The van der Waals surface area contributed by atoms with Crippen LogP contribution in [0.5, 0.6) is 0 Å². The van der Waals surface area contributed by atoms with E-state index in [0.29, 0.717) is 17.6 Å². The Morgan fingerprint density at radius 2 is 1.82 bits per heavy atom. The number of ether oxygens (including phenoxy) is 3. The summed E-state index contributed by atoms with van der Waals surface area (Å²) >= 11 is 1.80. The third-order valence-electron chi connectivity index (χ3n) is 8.86. The Hall–Kier alpha value is -0.100. The second kappa shape index (κ2) is 8.20. The molecule has 3 unspecified atom stereocenters. The average molecular weight is 413 g/mol. The third-order valence-corrected chi connectivity index (χ3v) is 10.2. The Labute approximate surface area is 175 Å². The van der Waals surface area contributed by atoms with Crippen LogP contribution in [0.1, 0.15) is 66.7 Å². The molecule has 0 radical (unpaired) electrons. The molecular formula is C23H40O4S. The number of hydrogen-bond donors (Lipinski definition) is 0. The number of carbonyl (C=O) groups excluding carboxylic acids is 1. The molecular weight excluding hydrogens is 372 g/mol. The summed E-state index contributed by atoms with van der Waals surface area (Å²) in [5.74, 6) is 2.31. The van der Waals surface area contributed by atoms with E-state index in [9.17, 15) is 4.79 Å². The molecule has 2 bridgehead atoms. The van der Waals surface area contributed by atoms with Crippen molar-refractivity contribution >= 4 is 17.5 Å². The topological polar surface area (TPSA) is 44.8 Å². The molecule has 0 aromatic carbocycles. The van der Waals surface area contributed by atoms with E-state index >= 15 is 0 Å². The minimum absolute atomic E-state index is 0.0108. The summed E-state index contributed by atoms with van der Waals surface area (Å²) in [6, 6.07) is 0. The molecule has 8 atom stereocenters. The largest absolute Gasteiger partial charge is 0.381 e. The normalized spacial score (nSPS) is 48.8. The van der Waals surface area contributed by atoms with Gasteiger partial charge in [-0.2, -0.15) is 0 Å². The van der Waals surface area contributed by atoms with Crippen molar-refractivity contribution in [3.8, 4) is 0 Å². The van der Waals surface area contributed by atoms with Crippen LogP contribution in [0.2, 0.25) is 0 Å².